The molecule has 0 saturated carbocycles. The fraction of sp³-hybridized carbons (Fsp3) is 0.273. The van der Waals surface area contributed by atoms with Crippen LogP contribution >= 0.6 is 0 Å². The predicted octanol–water partition coefficient (Wildman–Crippen LogP) is 3.93. The zero-order valence-electron chi connectivity index (χ0n) is 16.1. The van der Waals surface area contributed by atoms with Crippen molar-refractivity contribution < 1.29 is 23.8 Å². The van der Waals surface area contributed by atoms with Gasteiger partial charge < -0.3 is 19.6 Å². The molecule has 2 aromatic carbocycles. The van der Waals surface area contributed by atoms with Crippen LogP contribution in [0.5, 0.6) is 5.75 Å². The van der Waals surface area contributed by atoms with Crippen molar-refractivity contribution in [2.75, 3.05) is 6.61 Å². The van der Waals surface area contributed by atoms with Gasteiger partial charge in [-0.1, -0.05) is 12.1 Å². The van der Waals surface area contributed by atoms with Crippen molar-refractivity contribution in [3.05, 3.63) is 64.9 Å². The van der Waals surface area contributed by atoms with Crippen LogP contribution in [-0.4, -0.2) is 23.6 Å². The Morgan fingerprint density at radius 2 is 1.82 bits per heavy atom. The number of carboxylic acid groups (broad SMARTS) is 1. The number of amides is 1. The fourth-order valence-electron chi connectivity index (χ4n) is 3.02. The van der Waals surface area contributed by atoms with Crippen LogP contribution in [0.25, 0.3) is 11.0 Å². The maximum absolute atomic E-state index is 12.5. The van der Waals surface area contributed by atoms with Crippen LogP contribution in [0.3, 0.4) is 0 Å². The summed E-state index contributed by atoms with van der Waals surface area (Å²) < 4.78 is 10.7. The first-order valence-corrected chi connectivity index (χ1v) is 9.04. The molecule has 0 radical (unpaired) electrons. The highest BCUT2D eigenvalue weighted by Crippen LogP contribution is 2.25. The number of carboxylic acids is 1. The highest BCUT2D eigenvalue weighted by atomic mass is 16.5. The number of aryl methyl sites for hydroxylation is 2. The van der Waals surface area contributed by atoms with E-state index in [1.165, 1.54) is 0 Å². The number of ether oxygens (including phenoxy) is 1. The summed E-state index contributed by atoms with van der Waals surface area (Å²) >= 11 is 0. The van der Waals surface area contributed by atoms with Crippen LogP contribution in [0.15, 0.2) is 47.1 Å². The molecular weight excluding hydrogens is 358 g/mol. The van der Waals surface area contributed by atoms with Crippen LogP contribution in [-0.2, 0) is 16.0 Å². The Hall–Kier alpha value is -3.28. The van der Waals surface area contributed by atoms with Gasteiger partial charge >= 0.3 is 5.97 Å². The Morgan fingerprint density at radius 1 is 1.14 bits per heavy atom. The van der Waals surface area contributed by atoms with Crippen molar-refractivity contribution in [3.63, 3.8) is 0 Å². The second kappa shape index (κ2) is 8.17. The van der Waals surface area contributed by atoms with Crippen LogP contribution in [0.2, 0.25) is 0 Å². The Balaban J connectivity index is 1.63. The monoisotopic (exact) mass is 381 g/mol. The summed E-state index contributed by atoms with van der Waals surface area (Å²) in [6.45, 7) is 5.58. The molecule has 6 nitrogen and oxygen atoms in total. The van der Waals surface area contributed by atoms with Gasteiger partial charge in [-0.2, -0.15) is 0 Å². The summed E-state index contributed by atoms with van der Waals surface area (Å²) in [5.41, 5.74) is 4.87. The van der Waals surface area contributed by atoms with E-state index in [1.54, 1.807) is 18.4 Å². The molecule has 1 amide bonds. The van der Waals surface area contributed by atoms with Gasteiger partial charge in [-0.3, -0.25) is 4.79 Å². The summed E-state index contributed by atoms with van der Waals surface area (Å²) in [7, 11) is 0. The van der Waals surface area contributed by atoms with Crippen molar-refractivity contribution >= 4 is 22.8 Å². The van der Waals surface area contributed by atoms with E-state index in [4.69, 9.17) is 14.3 Å². The molecule has 0 bridgehead atoms. The minimum atomic E-state index is -1.03. The van der Waals surface area contributed by atoms with Crippen molar-refractivity contribution in [1.82, 2.24) is 5.32 Å². The molecule has 0 aliphatic carbocycles. The first-order valence-electron chi connectivity index (χ1n) is 9.04. The van der Waals surface area contributed by atoms with Crippen molar-refractivity contribution in [2.45, 2.75) is 33.2 Å². The molecule has 3 aromatic rings. The van der Waals surface area contributed by atoms with Gasteiger partial charge in [0, 0.05) is 10.9 Å². The van der Waals surface area contributed by atoms with E-state index in [0.29, 0.717) is 5.75 Å². The van der Waals surface area contributed by atoms with E-state index >= 15 is 0 Å². The molecule has 0 aliphatic rings. The quantitative estimate of drug-likeness (QED) is 0.647. The number of carbonyl (C=O) groups is 2. The van der Waals surface area contributed by atoms with Crippen LogP contribution in [0.1, 0.15) is 35.2 Å². The summed E-state index contributed by atoms with van der Waals surface area (Å²) in [5, 5.41) is 12.6. The van der Waals surface area contributed by atoms with Crippen molar-refractivity contribution in [3.8, 4) is 5.75 Å². The molecule has 3 rings (SSSR count). The topological polar surface area (TPSA) is 88.8 Å². The normalized spacial score (nSPS) is 12.0. The third-order valence-electron chi connectivity index (χ3n) is 4.74. The fourth-order valence-corrected chi connectivity index (χ4v) is 3.02. The molecule has 1 unspecified atom stereocenters. The molecule has 1 aromatic heterocycles. The zero-order valence-corrected chi connectivity index (χ0v) is 16.1. The van der Waals surface area contributed by atoms with E-state index in [9.17, 15) is 9.59 Å². The minimum Gasteiger partial charge on any atom is -0.482 e. The molecule has 0 aliphatic heterocycles. The molecule has 2 N–H and O–H groups in total. The second-order valence-electron chi connectivity index (χ2n) is 6.91. The predicted molar refractivity (Wildman–Crippen MR) is 106 cm³/mol. The lowest BCUT2D eigenvalue weighted by atomic mass is 10.0. The standard InChI is InChI=1S/C22H23NO5/c1-13-8-19-17(11-28-20(19)9-14(13)2)10-21(24)23-15(3)16-4-6-18(7-5-16)27-12-22(25)26/h4-9,11,15H,10,12H2,1-3H3,(H,23,24)(H,25,26). The molecular formula is C22H23NO5. The smallest absolute Gasteiger partial charge is 0.341 e. The molecule has 0 spiro atoms. The molecule has 0 fully saturated rings. The number of rotatable bonds is 7. The lowest BCUT2D eigenvalue weighted by Gasteiger charge is -2.15. The zero-order chi connectivity index (χ0) is 20.3. The van der Waals surface area contributed by atoms with Gasteiger partial charge in [0.1, 0.15) is 11.3 Å². The number of hydrogen-bond donors (Lipinski definition) is 2. The number of aliphatic carboxylic acids is 1. The van der Waals surface area contributed by atoms with Gasteiger partial charge in [-0.05, 0) is 61.7 Å². The van der Waals surface area contributed by atoms with Crippen LogP contribution in [0.4, 0.5) is 0 Å². The van der Waals surface area contributed by atoms with Crippen molar-refractivity contribution in [2.24, 2.45) is 0 Å². The Kier molecular flexibility index (Phi) is 5.68. The number of hydrogen-bond acceptors (Lipinski definition) is 4. The molecule has 146 valence electrons. The van der Waals surface area contributed by atoms with E-state index in [-0.39, 0.29) is 25.0 Å². The average molecular weight is 381 g/mol. The third-order valence-corrected chi connectivity index (χ3v) is 4.74. The summed E-state index contributed by atoms with van der Waals surface area (Å²) in [6.07, 6.45) is 1.88. The third kappa shape index (κ3) is 4.52. The van der Waals surface area contributed by atoms with Gasteiger partial charge in [0.15, 0.2) is 6.61 Å². The van der Waals surface area contributed by atoms with E-state index < -0.39 is 5.97 Å². The minimum absolute atomic E-state index is 0.0976. The lowest BCUT2D eigenvalue weighted by Crippen LogP contribution is -2.28. The lowest BCUT2D eigenvalue weighted by molar-refractivity contribution is -0.139. The number of furan rings is 1. The van der Waals surface area contributed by atoms with Gasteiger partial charge in [-0.15, -0.1) is 0 Å². The van der Waals surface area contributed by atoms with Crippen LogP contribution < -0.4 is 10.1 Å². The first kappa shape index (κ1) is 19.5. The number of nitrogens with one attached hydrogen (secondary N) is 1. The Bertz CT molecular complexity index is 1000. The van der Waals surface area contributed by atoms with Crippen molar-refractivity contribution in [1.29, 1.82) is 0 Å². The van der Waals surface area contributed by atoms with Gasteiger partial charge in [0.05, 0.1) is 18.7 Å². The Morgan fingerprint density at radius 3 is 2.50 bits per heavy atom. The molecule has 6 heteroatoms. The average Bonchev–Trinajstić information content (AvgIpc) is 3.02. The summed E-state index contributed by atoms with van der Waals surface area (Å²) in [6, 6.07) is 10.8. The molecule has 1 atom stereocenters. The largest absolute Gasteiger partial charge is 0.482 e. The highest BCUT2D eigenvalue weighted by molar-refractivity contribution is 5.88. The summed E-state index contributed by atoms with van der Waals surface area (Å²) in [4.78, 5) is 23.0. The number of fused-ring (bicyclic) bond motifs is 1. The van der Waals surface area contributed by atoms with Gasteiger partial charge in [0.2, 0.25) is 5.91 Å². The van der Waals surface area contributed by atoms with Crippen LogP contribution in [0, 0.1) is 13.8 Å². The Labute approximate surface area is 163 Å². The second-order valence-corrected chi connectivity index (χ2v) is 6.91. The van der Waals surface area contributed by atoms with E-state index in [2.05, 4.69) is 11.4 Å². The first-order chi connectivity index (χ1) is 13.3. The SMILES string of the molecule is Cc1cc2occ(CC(=O)NC(C)c3ccc(OCC(=O)O)cc3)c2cc1C. The molecule has 0 saturated heterocycles. The maximum Gasteiger partial charge on any atom is 0.341 e. The van der Waals surface area contributed by atoms with E-state index in [0.717, 1.165) is 33.2 Å². The van der Waals surface area contributed by atoms with E-state index in [1.807, 2.05) is 39.0 Å². The van der Waals surface area contributed by atoms with Gasteiger partial charge in [0.25, 0.3) is 0 Å². The van der Waals surface area contributed by atoms with Gasteiger partial charge in [-0.25, -0.2) is 4.79 Å². The number of benzene rings is 2. The number of carbonyl (C=O) groups excluding carboxylic acids is 1. The molecule has 1 heterocycles. The maximum atomic E-state index is 12.5. The summed E-state index contributed by atoms with van der Waals surface area (Å²) in [5.74, 6) is -0.651. The molecule has 28 heavy (non-hydrogen) atoms. The highest BCUT2D eigenvalue weighted by Gasteiger charge is 2.14.